The van der Waals surface area contributed by atoms with Crippen LogP contribution in [0.2, 0.25) is 0 Å². The van der Waals surface area contributed by atoms with Crippen LogP contribution in [-0.2, 0) is 62.0 Å². The van der Waals surface area contributed by atoms with Crippen LogP contribution in [-0.4, -0.2) is 158 Å². The number of morpholine rings is 1. The number of rotatable bonds is 8. The van der Waals surface area contributed by atoms with E-state index in [4.69, 9.17) is 33.3 Å². The molecule has 4 aliphatic heterocycles. The first-order chi connectivity index (χ1) is 34.7. The van der Waals surface area contributed by atoms with Gasteiger partial charge in [-0.15, -0.1) is 5.06 Å². The van der Waals surface area contributed by atoms with Gasteiger partial charge in [-0.05, 0) is 120 Å². The molecule has 2 bridgehead atoms. The lowest BCUT2D eigenvalue weighted by Gasteiger charge is -2.42. The van der Waals surface area contributed by atoms with E-state index in [0.29, 0.717) is 96.1 Å². The summed E-state index contributed by atoms with van der Waals surface area (Å²) in [5.41, 5.74) is 1.39. The predicted molar refractivity (Wildman–Crippen MR) is 271 cm³/mol. The summed E-state index contributed by atoms with van der Waals surface area (Å²) < 4.78 is 35.4. The third-order valence-electron chi connectivity index (χ3n) is 16.6. The van der Waals surface area contributed by atoms with Gasteiger partial charge in [-0.3, -0.25) is 19.2 Å². The van der Waals surface area contributed by atoms with E-state index in [0.717, 1.165) is 31.3 Å². The highest BCUT2D eigenvalue weighted by atomic mass is 16.7. The van der Waals surface area contributed by atoms with Crippen molar-refractivity contribution in [2.75, 3.05) is 54.2 Å². The average molecular weight is 1030 g/mol. The molecular formula is C56H90N2O15. The minimum Gasteiger partial charge on any atom is -0.460 e. The molecule has 73 heavy (non-hydrogen) atoms. The van der Waals surface area contributed by atoms with Crippen LogP contribution in [0.1, 0.15) is 151 Å². The maximum Gasteiger partial charge on any atom is 0.330 e. The molecule has 5 rings (SSSR count). The molecule has 0 aromatic carbocycles. The number of ether oxygens (including phenoxy) is 6. The number of hydrogen-bond acceptors (Lipinski definition) is 16. The lowest BCUT2D eigenvalue weighted by atomic mass is 9.75. The van der Waals surface area contributed by atoms with E-state index in [1.54, 1.807) is 46.1 Å². The Kier molecular flexibility index (Phi) is 23.7. The second-order valence-corrected chi connectivity index (χ2v) is 22.3. The average Bonchev–Trinajstić information content (AvgIpc) is 3.37. The first-order valence-electron chi connectivity index (χ1n) is 27.4. The molecule has 0 radical (unpaired) electrons. The van der Waals surface area contributed by atoms with Gasteiger partial charge < -0.3 is 48.4 Å². The van der Waals surface area contributed by atoms with Gasteiger partial charge in [0, 0.05) is 58.5 Å². The molecule has 4 fully saturated rings. The molecule has 17 nitrogen and oxygen atoms in total. The van der Waals surface area contributed by atoms with Gasteiger partial charge in [0.1, 0.15) is 30.1 Å². The highest BCUT2D eigenvalue weighted by Crippen LogP contribution is 2.39. The second kappa shape index (κ2) is 28.6. The Morgan fingerprint density at radius 1 is 0.836 bits per heavy atom. The number of hydroxylamine groups is 2. The normalized spacial score (nSPS) is 38.3. The molecule has 0 aromatic heterocycles. The minimum absolute atomic E-state index is 0.0334. The number of cyclic esters (lactones) is 1. The molecule has 17 heteroatoms. The fraction of sp³-hybridized carbons (Fsp3) is 0.821. The Morgan fingerprint density at radius 2 is 1.55 bits per heavy atom. The van der Waals surface area contributed by atoms with Crippen molar-refractivity contribution in [3.8, 4) is 0 Å². The first-order valence-corrected chi connectivity index (χ1v) is 27.4. The van der Waals surface area contributed by atoms with Crippen LogP contribution in [0.4, 0.5) is 0 Å². The highest BCUT2D eigenvalue weighted by molar-refractivity contribution is 6.39. The number of hydrogen-bond donors (Lipinski definition) is 2. The Hall–Kier alpha value is -3.42. The van der Waals surface area contributed by atoms with Gasteiger partial charge in [0.05, 0.1) is 50.5 Å². The van der Waals surface area contributed by atoms with E-state index < -0.39 is 83.7 Å². The molecule has 0 unspecified atom stereocenters. The number of piperidine rings is 1. The summed E-state index contributed by atoms with van der Waals surface area (Å²) >= 11 is 0. The van der Waals surface area contributed by atoms with Crippen molar-refractivity contribution in [1.82, 2.24) is 9.96 Å². The Labute approximate surface area is 434 Å². The number of aliphatic hydroxyl groups is 2. The lowest BCUT2D eigenvalue weighted by Crippen LogP contribution is -2.61. The van der Waals surface area contributed by atoms with Gasteiger partial charge >= 0.3 is 11.9 Å². The van der Waals surface area contributed by atoms with E-state index in [9.17, 15) is 39.0 Å². The summed E-state index contributed by atoms with van der Waals surface area (Å²) in [6.07, 6.45) is 7.83. The van der Waals surface area contributed by atoms with E-state index in [1.807, 2.05) is 20.8 Å². The summed E-state index contributed by atoms with van der Waals surface area (Å²) in [6, 6.07) is -1.16. The van der Waals surface area contributed by atoms with Crippen molar-refractivity contribution in [2.24, 2.45) is 41.4 Å². The first kappa shape index (κ1) is 60.4. The fourth-order valence-electron chi connectivity index (χ4n) is 11.8. The number of nitrogens with zero attached hydrogens (tertiary/aromatic N) is 2. The topological polar surface area (TPSA) is 214 Å². The summed E-state index contributed by atoms with van der Waals surface area (Å²) in [4.78, 5) is 91.7. The van der Waals surface area contributed by atoms with E-state index in [1.165, 1.54) is 12.0 Å². The number of Topliss-reactive ketones (excluding diaryl/α,β-unsaturated/α-hetero) is 3. The summed E-state index contributed by atoms with van der Waals surface area (Å²) in [5.74, 6) is -8.64. The molecule has 4 heterocycles. The van der Waals surface area contributed by atoms with Gasteiger partial charge in [0.25, 0.3) is 11.7 Å². The van der Waals surface area contributed by atoms with Crippen molar-refractivity contribution in [3.63, 3.8) is 0 Å². The number of fused-ring (bicyclic) bond motifs is 3. The highest BCUT2D eigenvalue weighted by Gasteiger charge is 2.53. The van der Waals surface area contributed by atoms with Crippen molar-refractivity contribution in [2.45, 2.75) is 200 Å². The molecule has 1 aliphatic carbocycles. The van der Waals surface area contributed by atoms with Crippen LogP contribution in [0.15, 0.2) is 23.3 Å². The number of carbonyl (C=O) groups is 6. The number of methoxy groups -OCH3 is 3. The Bertz CT molecular complexity index is 1920. The Morgan fingerprint density at radius 3 is 2.23 bits per heavy atom. The maximum atomic E-state index is 14.6. The van der Waals surface area contributed by atoms with Crippen LogP contribution < -0.4 is 0 Å². The van der Waals surface area contributed by atoms with Gasteiger partial charge in [-0.25, -0.2) is 9.59 Å². The molecule has 5 aliphatic rings. The van der Waals surface area contributed by atoms with E-state index in [-0.39, 0.29) is 60.8 Å². The second-order valence-electron chi connectivity index (χ2n) is 22.3. The van der Waals surface area contributed by atoms with Crippen LogP contribution in [0.25, 0.3) is 0 Å². The molecule has 0 aromatic rings. The van der Waals surface area contributed by atoms with Crippen LogP contribution >= 0.6 is 0 Å². The molecule has 414 valence electrons. The number of amides is 1. The van der Waals surface area contributed by atoms with E-state index in [2.05, 4.69) is 13.0 Å². The maximum absolute atomic E-state index is 14.6. The van der Waals surface area contributed by atoms with Crippen molar-refractivity contribution >= 4 is 35.2 Å². The number of esters is 1. The number of aliphatic hydroxyl groups excluding tert-OH is 1. The number of carbonyl (C=O) groups excluding carboxylic acids is 6. The zero-order chi connectivity index (χ0) is 53.6. The SMILES string of the molecule is CO[C@H]1C[C@@H]2CC[C@@H](C)[C@@](O)(O2)C(=O)C(=O)N2CCCC[C@H]2C(=O)O[C@H]([C@H](C)C[C@@H]2CC[C@@H](C(=O)ON3CCOCC3)[C@H](OC)C2)CC(=O)[C@H](C)/C=C(/C)[C@@H](O)[C@@H](OC)C(=O)[C@H](C)C[C@H](C)CCCC/C=C\1C. The molecule has 1 saturated carbocycles. The molecule has 0 spiro atoms. The fourth-order valence-corrected chi connectivity index (χ4v) is 11.8. The molecular weight excluding hydrogens is 941 g/mol. The van der Waals surface area contributed by atoms with Gasteiger partial charge in [-0.1, -0.05) is 59.6 Å². The quantitative estimate of drug-likeness (QED) is 0.148. The molecule has 2 N–H and O–H groups in total. The molecule has 3 saturated heterocycles. The third kappa shape index (κ3) is 16.3. The zero-order valence-corrected chi connectivity index (χ0v) is 45.7. The van der Waals surface area contributed by atoms with Gasteiger partial charge in [0.15, 0.2) is 5.78 Å². The predicted octanol–water partition coefficient (Wildman–Crippen LogP) is 6.67. The van der Waals surface area contributed by atoms with Crippen molar-refractivity contribution < 1.29 is 72.2 Å². The zero-order valence-electron chi connectivity index (χ0n) is 45.7. The standard InChI is InChI=1S/C56H90N2O15/c1-34-16-12-11-13-17-35(2)46(67-8)32-42-21-19-40(7)56(66,72-42)52(62)53(63)58-23-15-14-18-44(58)55(65)71-47(33-45(59)36(3)29-39(6)50(61)51(69-10)49(60)38(5)28-34)37(4)30-41-20-22-43(48(31-41)68-9)54(64)73-57-24-26-70-27-25-57/h17,29,34,36-38,40-44,46-48,50-51,61,66H,11-16,18-28,30-33H2,1-10H3/b35-17-,39-29-/t34-,36-,37-,38-,40-,41+,42+,43-,44+,46+,47+,48-,50-,51+,56-/m1/s1. The smallest absolute Gasteiger partial charge is 0.330 e. The van der Waals surface area contributed by atoms with Crippen LogP contribution in [0.3, 0.4) is 0 Å². The molecule has 1 amide bonds. The Balaban J connectivity index is 1.42. The summed E-state index contributed by atoms with van der Waals surface area (Å²) in [7, 11) is 4.59. The lowest BCUT2D eigenvalue weighted by molar-refractivity contribution is -0.265. The summed E-state index contributed by atoms with van der Waals surface area (Å²) in [5, 5.41) is 25.2. The number of ketones is 3. The number of allylic oxidation sites excluding steroid dienone is 2. The summed E-state index contributed by atoms with van der Waals surface area (Å²) in [6.45, 7) is 14.9. The van der Waals surface area contributed by atoms with Gasteiger partial charge in [0.2, 0.25) is 5.79 Å². The minimum atomic E-state index is -2.43. The largest absolute Gasteiger partial charge is 0.460 e. The van der Waals surface area contributed by atoms with E-state index >= 15 is 0 Å². The van der Waals surface area contributed by atoms with Crippen molar-refractivity contribution in [3.05, 3.63) is 23.3 Å². The third-order valence-corrected chi connectivity index (χ3v) is 16.6. The van der Waals surface area contributed by atoms with Gasteiger partial charge in [-0.2, -0.15) is 0 Å². The van der Waals surface area contributed by atoms with Crippen LogP contribution in [0, 0.1) is 41.4 Å². The monoisotopic (exact) mass is 1030 g/mol. The van der Waals surface area contributed by atoms with Crippen LogP contribution in [0.5, 0.6) is 0 Å². The molecule has 15 atom stereocenters. The van der Waals surface area contributed by atoms with Crippen molar-refractivity contribution in [1.29, 1.82) is 0 Å².